The zero-order valence-electron chi connectivity index (χ0n) is 11.1. The van der Waals surface area contributed by atoms with Crippen molar-refractivity contribution in [3.8, 4) is 0 Å². The van der Waals surface area contributed by atoms with E-state index in [0.717, 1.165) is 12.0 Å². The molecule has 0 radical (unpaired) electrons. The van der Waals surface area contributed by atoms with Gasteiger partial charge in [-0.25, -0.2) is 0 Å². The number of ketones is 1. The quantitative estimate of drug-likeness (QED) is 0.828. The largest absolute Gasteiger partial charge is 0.379 e. The third-order valence-electron chi connectivity index (χ3n) is 3.32. The highest BCUT2D eigenvalue weighted by molar-refractivity contribution is 5.98. The van der Waals surface area contributed by atoms with Crippen LogP contribution in [0.1, 0.15) is 29.8 Å². The van der Waals surface area contributed by atoms with Crippen molar-refractivity contribution in [1.29, 1.82) is 0 Å². The predicted octanol–water partition coefficient (Wildman–Crippen LogP) is 2.04. The SMILES string of the molecule is CC(C)Cc1cccc(C(=O)C2COCC2N)c1. The zero-order valence-corrected chi connectivity index (χ0v) is 11.1. The maximum absolute atomic E-state index is 12.3. The Hall–Kier alpha value is -1.19. The molecule has 2 rings (SSSR count). The summed E-state index contributed by atoms with van der Waals surface area (Å²) in [7, 11) is 0. The van der Waals surface area contributed by atoms with E-state index in [1.165, 1.54) is 5.56 Å². The number of benzene rings is 1. The summed E-state index contributed by atoms with van der Waals surface area (Å²) >= 11 is 0. The molecule has 0 spiro atoms. The Kier molecular flexibility index (Phi) is 4.15. The number of ether oxygens (including phenoxy) is 1. The molecule has 0 saturated carbocycles. The molecule has 1 saturated heterocycles. The Labute approximate surface area is 108 Å². The lowest BCUT2D eigenvalue weighted by molar-refractivity contribution is 0.0896. The average molecular weight is 247 g/mol. The van der Waals surface area contributed by atoms with Gasteiger partial charge >= 0.3 is 0 Å². The van der Waals surface area contributed by atoms with E-state index in [9.17, 15) is 4.79 Å². The van der Waals surface area contributed by atoms with Crippen LogP contribution in [0.4, 0.5) is 0 Å². The first-order valence-corrected chi connectivity index (χ1v) is 6.54. The van der Waals surface area contributed by atoms with E-state index in [0.29, 0.717) is 19.1 Å². The molecule has 18 heavy (non-hydrogen) atoms. The molecule has 1 aromatic rings. The highest BCUT2D eigenvalue weighted by atomic mass is 16.5. The summed E-state index contributed by atoms with van der Waals surface area (Å²) < 4.78 is 5.26. The van der Waals surface area contributed by atoms with Crippen LogP contribution in [0.5, 0.6) is 0 Å². The number of carbonyl (C=O) groups excluding carboxylic acids is 1. The first-order chi connectivity index (χ1) is 8.58. The molecule has 2 atom stereocenters. The summed E-state index contributed by atoms with van der Waals surface area (Å²) in [5.41, 5.74) is 7.86. The van der Waals surface area contributed by atoms with Gasteiger partial charge in [0.1, 0.15) is 0 Å². The van der Waals surface area contributed by atoms with Crippen LogP contribution in [-0.2, 0) is 11.2 Å². The molecule has 1 aliphatic heterocycles. The monoisotopic (exact) mass is 247 g/mol. The standard InChI is InChI=1S/C15H21NO2/c1-10(2)6-11-4-3-5-12(7-11)15(17)13-8-18-9-14(13)16/h3-5,7,10,13-14H,6,8-9,16H2,1-2H3. The summed E-state index contributed by atoms with van der Waals surface area (Å²) in [4.78, 5) is 12.3. The molecule has 1 aliphatic rings. The molecular weight excluding hydrogens is 226 g/mol. The first kappa shape index (κ1) is 13.2. The van der Waals surface area contributed by atoms with E-state index in [-0.39, 0.29) is 17.7 Å². The average Bonchev–Trinajstić information content (AvgIpc) is 2.74. The van der Waals surface area contributed by atoms with Crippen LogP contribution in [0, 0.1) is 11.8 Å². The van der Waals surface area contributed by atoms with Crippen LogP contribution >= 0.6 is 0 Å². The molecule has 98 valence electrons. The molecule has 0 aromatic heterocycles. The van der Waals surface area contributed by atoms with Crippen LogP contribution < -0.4 is 5.73 Å². The third kappa shape index (κ3) is 2.98. The van der Waals surface area contributed by atoms with E-state index in [2.05, 4.69) is 19.9 Å². The maximum Gasteiger partial charge on any atom is 0.169 e. The number of Topliss-reactive ketones (excluding diaryl/α,β-unsaturated/α-hetero) is 1. The van der Waals surface area contributed by atoms with Crippen LogP contribution in [0.15, 0.2) is 24.3 Å². The Morgan fingerprint density at radius 1 is 1.44 bits per heavy atom. The van der Waals surface area contributed by atoms with Gasteiger partial charge in [-0.1, -0.05) is 32.0 Å². The van der Waals surface area contributed by atoms with Crippen molar-refractivity contribution in [2.24, 2.45) is 17.6 Å². The van der Waals surface area contributed by atoms with Gasteiger partial charge in [0, 0.05) is 11.6 Å². The fraction of sp³-hybridized carbons (Fsp3) is 0.533. The predicted molar refractivity (Wildman–Crippen MR) is 71.6 cm³/mol. The van der Waals surface area contributed by atoms with E-state index in [1.54, 1.807) is 0 Å². The molecule has 3 heteroatoms. The number of rotatable bonds is 4. The Balaban J connectivity index is 2.15. The number of carbonyl (C=O) groups is 1. The van der Waals surface area contributed by atoms with Crippen molar-refractivity contribution in [2.45, 2.75) is 26.3 Å². The van der Waals surface area contributed by atoms with Crippen molar-refractivity contribution in [3.63, 3.8) is 0 Å². The fourth-order valence-electron chi connectivity index (χ4n) is 2.38. The van der Waals surface area contributed by atoms with Gasteiger partial charge < -0.3 is 10.5 Å². The lowest BCUT2D eigenvalue weighted by Gasteiger charge is -2.13. The van der Waals surface area contributed by atoms with Crippen molar-refractivity contribution >= 4 is 5.78 Å². The van der Waals surface area contributed by atoms with Gasteiger partial charge in [-0.3, -0.25) is 4.79 Å². The molecule has 3 nitrogen and oxygen atoms in total. The first-order valence-electron chi connectivity index (χ1n) is 6.54. The number of hydrogen-bond acceptors (Lipinski definition) is 3. The van der Waals surface area contributed by atoms with E-state index >= 15 is 0 Å². The molecule has 1 aromatic carbocycles. The smallest absolute Gasteiger partial charge is 0.169 e. The minimum absolute atomic E-state index is 0.116. The second kappa shape index (κ2) is 5.63. The van der Waals surface area contributed by atoms with Crippen LogP contribution in [0.2, 0.25) is 0 Å². The topological polar surface area (TPSA) is 52.3 Å². The van der Waals surface area contributed by atoms with Gasteiger partial charge in [-0.15, -0.1) is 0 Å². The molecule has 1 heterocycles. The molecule has 0 amide bonds. The number of hydrogen-bond donors (Lipinski definition) is 1. The van der Waals surface area contributed by atoms with Crippen molar-refractivity contribution in [3.05, 3.63) is 35.4 Å². The molecule has 0 bridgehead atoms. The minimum Gasteiger partial charge on any atom is -0.379 e. The fourth-order valence-corrected chi connectivity index (χ4v) is 2.38. The van der Waals surface area contributed by atoms with Crippen LogP contribution in [-0.4, -0.2) is 25.0 Å². The number of nitrogens with two attached hydrogens (primary N) is 1. The second-order valence-corrected chi connectivity index (χ2v) is 5.47. The summed E-state index contributed by atoms with van der Waals surface area (Å²) in [5.74, 6) is 0.525. The molecule has 2 unspecified atom stereocenters. The Morgan fingerprint density at radius 2 is 2.22 bits per heavy atom. The van der Waals surface area contributed by atoms with E-state index < -0.39 is 0 Å². The van der Waals surface area contributed by atoms with Crippen molar-refractivity contribution in [1.82, 2.24) is 0 Å². The molecule has 2 N–H and O–H groups in total. The highest BCUT2D eigenvalue weighted by Crippen LogP contribution is 2.19. The van der Waals surface area contributed by atoms with Crippen LogP contribution in [0.3, 0.4) is 0 Å². The van der Waals surface area contributed by atoms with E-state index in [1.807, 2.05) is 18.2 Å². The van der Waals surface area contributed by atoms with Gasteiger partial charge in [0.2, 0.25) is 0 Å². The van der Waals surface area contributed by atoms with Crippen LogP contribution in [0.25, 0.3) is 0 Å². The molecular formula is C15H21NO2. The maximum atomic E-state index is 12.3. The molecule has 0 aliphatic carbocycles. The summed E-state index contributed by atoms with van der Waals surface area (Å²) in [6, 6.07) is 7.73. The lowest BCUT2D eigenvalue weighted by atomic mass is 9.92. The third-order valence-corrected chi connectivity index (χ3v) is 3.32. The minimum atomic E-state index is -0.181. The van der Waals surface area contributed by atoms with Crippen molar-refractivity contribution in [2.75, 3.05) is 13.2 Å². The van der Waals surface area contributed by atoms with Crippen molar-refractivity contribution < 1.29 is 9.53 Å². The van der Waals surface area contributed by atoms with E-state index in [4.69, 9.17) is 10.5 Å². The zero-order chi connectivity index (χ0) is 13.1. The normalized spacial score (nSPS) is 23.6. The summed E-state index contributed by atoms with van der Waals surface area (Å²) in [5, 5.41) is 0. The molecule has 1 fully saturated rings. The highest BCUT2D eigenvalue weighted by Gasteiger charge is 2.31. The van der Waals surface area contributed by atoms with Gasteiger partial charge in [0.05, 0.1) is 19.1 Å². The Morgan fingerprint density at radius 3 is 2.83 bits per heavy atom. The van der Waals surface area contributed by atoms with Gasteiger partial charge in [-0.05, 0) is 24.0 Å². The van der Waals surface area contributed by atoms with Gasteiger partial charge in [0.25, 0.3) is 0 Å². The lowest BCUT2D eigenvalue weighted by Crippen LogP contribution is -2.34. The summed E-state index contributed by atoms with van der Waals surface area (Å²) in [6.07, 6.45) is 0.994. The van der Waals surface area contributed by atoms with Gasteiger partial charge in [-0.2, -0.15) is 0 Å². The van der Waals surface area contributed by atoms with Gasteiger partial charge in [0.15, 0.2) is 5.78 Å². The summed E-state index contributed by atoms with van der Waals surface area (Å²) in [6.45, 7) is 5.29. The Bertz CT molecular complexity index is 428. The second-order valence-electron chi connectivity index (χ2n) is 5.47.